The second-order valence-corrected chi connectivity index (χ2v) is 5.47. The zero-order valence-electron chi connectivity index (χ0n) is 12.6. The molecule has 0 aromatic heterocycles. The third-order valence-electron chi connectivity index (χ3n) is 3.68. The highest BCUT2D eigenvalue weighted by atomic mass is 16.3. The molecule has 5 nitrogen and oxygen atoms in total. The van der Waals surface area contributed by atoms with Crippen LogP contribution in [-0.2, 0) is 4.79 Å². The first kappa shape index (κ1) is 15.8. The number of nitrogens with one attached hydrogen (secondary N) is 2. The summed E-state index contributed by atoms with van der Waals surface area (Å²) < 4.78 is 0. The van der Waals surface area contributed by atoms with Gasteiger partial charge >= 0.3 is 0 Å². The van der Waals surface area contributed by atoms with Gasteiger partial charge < -0.3 is 20.6 Å². The van der Waals surface area contributed by atoms with E-state index in [1.54, 1.807) is 0 Å². The van der Waals surface area contributed by atoms with Crippen LogP contribution in [0.5, 0.6) is 0 Å². The van der Waals surface area contributed by atoms with Crippen LogP contribution < -0.4 is 15.5 Å². The molecule has 2 rings (SSSR count). The lowest BCUT2D eigenvalue weighted by molar-refractivity contribution is -0.115. The highest BCUT2D eigenvalue weighted by Gasteiger charge is 2.20. The van der Waals surface area contributed by atoms with Crippen LogP contribution in [0.1, 0.15) is 19.8 Å². The number of carbonyl (C=O) groups excluding carboxylic acids is 1. The maximum Gasteiger partial charge on any atom is 0.238 e. The molecule has 21 heavy (non-hydrogen) atoms. The van der Waals surface area contributed by atoms with Gasteiger partial charge in [-0.15, -0.1) is 0 Å². The molecule has 1 aromatic carbocycles. The van der Waals surface area contributed by atoms with Gasteiger partial charge in [-0.2, -0.15) is 0 Å². The molecule has 116 valence electrons. The molecule has 0 saturated heterocycles. The topological polar surface area (TPSA) is 64.6 Å². The van der Waals surface area contributed by atoms with Crippen molar-refractivity contribution in [3.05, 3.63) is 24.3 Å². The Hall–Kier alpha value is -1.59. The quantitative estimate of drug-likeness (QED) is 0.644. The largest absolute Gasteiger partial charge is 0.395 e. The molecular weight excluding hydrogens is 266 g/mol. The first-order valence-corrected chi connectivity index (χ1v) is 7.69. The van der Waals surface area contributed by atoms with Crippen molar-refractivity contribution in [1.82, 2.24) is 5.32 Å². The van der Waals surface area contributed by atoms with Crippen molar-refractivity contribution in [3.8, 4) is 0 Å². The van der Waals surface area contributed by atoms with Crippen molar-refractivity contribution in [2.24, 2.45) is 5.92 Å². The van der Waals surface area contributed by atoms with E-state index >= 15 is 0 Å². The second-order valence-electron chi connectivity index (χ2n) is 5.47. The fourth-order valence-electron chi connectivity index (χ4n) is 2.26. The Balaban J connectivity index is 1.78. The lowest BCUT2D eigenvalue weighted by Crippen LogP contribution is -2.29. The molecule has 1 saturated carbocycles. The average molecular weight is 291 g/mol. The minimum Gasteiger partial charge on any atom is -0.395 e. The Kier molecular flexibility index (Phi) is 6.02. The van der Waals surface area contributed by atoms with E-state index in [-0.39, 0.29) is 12.5 Å². The Bertz CT molecular complexity index is 443. The number of nitrogens with zero attached hydrogens (tertiary/aromatic N) is 1. The van der Waals surface area contributed by atoms with E-state index < -0.39 is 0 Å². The van der Waals surface area contributed by atoms with Crippen molar-refractivity contribution in [3.63, 3.8) is 0 Å². The molecule has 0 unspecified atom stereocenters. The van der Waals surface area contributed by atoms with Gasteiger partial charge in [0.05, 0.1) is 13.2 Å². The van der Waals surface area contributed by atoms with Gasteiger partial charge in [0.25, 0.3) is 0 Å². The molecule has 1 amide bonds. The second kappa shape index (κ2) is 8.00. The number of benzene rings is 1. The Morgan fingerprint density at radius 3 is 2.62 bits per heavy atom. The van der Waals surface area contributed by atoms with Gasteiger partial charge in [-0.1, -0.05) is 0 Å². The van der Waals surface area contributed by atoms with Crippen LogP contribution in [0, 0.1) is 5.92 Å². The van der Waals surface area contributed by atoms with Crippen molar-refractivity contribution >= 4 is 17.3 Å². The first-order valence-electron chi connectivity index (χ1n) is 7.69. The molecule has 0 aliphatic heterocycles. The molecule has 0 bridgehead atoms. The third-order valence-corrected chi connectivity index (χ3v) is 3.68. The first-order chi connectivity index (χ1) is 10.2. The number of hydrogen-bond donors (Lipinski definition) is 3. The molecule has 1 aliphatic rings. The number of anilines is 2. The predicted molar refractivity (Wildman–Crippen MR) is 85.6 cm³/mol. The van der Waals surface area contributed by atoms with E-state index in [0.717, 1.165) is 30.4 Å². The summed E-state index contributed by atoms with van der Waals surface area (Å²) in [4.78, 5) is 13.9. The third kappa shape index (κ3) is 5.36. The minimum absolute atomic E-state index is 0.00824. The molecule has 0 heterocycles. The van der Waals surface area contributed by atoms with Crippen LogP contribution in [0.2, 0.25) is 0 Å². The van der Waals surface area contributed by atoms with Gasteiger partial charge in [0.1, 0.15) is 0 Å². The molecule has 0 spiro atoms. The monoisotopic (exact) mass is 291 g/mol. The number of hydrogen-bond acceptors (Lipinski definition) is 4. The van der Waals surface area contributed by atoms with Gasteiger partial charge in [-0.25, -0.2) is 0 Å². The van der Waals surface area contributed by atoms with Crippen molar-refractivity contribution in [1.29, 1.82) is 0 Å². The highest BCUT2D eigenvalue weighted by molar-refractivity contribution is 5.92. The predicted octanol–water partition coefficient (Wildman–Crippen LogP) is 1.44. The van der Waals surface area contributed by atoms with E-state index in [1.807, 2.05) is 24.3 Å². The molecule has 1 aromatic rings. The van der Waals surface area contributed by atoms with Crippen LogP contribution in [0.4, 0.5) is 11.4 Å². The summed E-state index contributed by atoms with van der Waals surface area (Å²) in [7, 11) is 0. The van der Waals surface area contributed by atoms with Crippen LogP contribution in [-0.4, -0.2) is 43.8 Å². The molecule has 0 atom stereocenters. The van der Waals surface area contributed by atoms with E-state index in [1.165, 1.54) is 12.8 Å². The smallest absolute Gasteiger partial charge is 0.238 e. The fourth-order valence-corrected chi connectivity index (χ4v) is 2.26. The molecule has 0 radical (unpaired) electrons. The van der Waals surface area contributed by atoms with Gasteiger partial charge in [-0.05, 0) is 56.5 Å². The normalized spacial score (nSPS) is 14.0. The zero-order chi connectivity index (χ0) is 15.1. The lowest BCUT2D eigenvalue weighted by atomic mass is 10.2. The molecule has 5 heteroatoms. The maximum absolute atomic E-state index is 11.8. The summed E-state index contributed by atoms with van der Waals surface area (Å²) in [5.74, 6) is 0.773. The summed E-state index contributed by atoms with van der Waals surface area (Å²) in [6, 6.07) is 7.72. The standard InChI is InChI=1S/C16H25N3O2/c1-2-19(9-10-20)15-7-5-14(6-8-15)18-16(21)12-17-11-13-3-4-13/h5-8,13,17,20H,2-4,9-12H2,1H3,(H,18,21). The van der Waals surface area contributed by atoms with Crippen molar-refractivity contribution in [2.75, 3.05) is 43.0 Å². The van der Waals surface area contributed by atoms with Gasteiger partial charge in [0.15, 0.2) is 0 Å². The molecule has 3 N–H and O–H groups in total. The number of likely N-dealkylation sites (N-methyl/N-ethyl adjacent to an activating group) is 1. The van der Waals surface area contributed by atoms with Crippen LogP contribution in [0.25, 0.3) is 0 Å². The van der Waals surface area contributed by atoms with Crippen molar-refractivity contribution in [2.45, 2.75) is 19.8 Å². The van der Waals surface area contributed by atoms with Gasteiger partial charge in [0, 0.05) is 24.5 Å². The van der Waals surface area contributed by atoms with E-state index in [2.05, 4.69) is 22.5 Å². The lowest BCUT2D eigenvalue weighted by Gasteiger charge is -2.22. The van der Waals surface area contributed by atoms with E-state index in [9.17, 15) is 4.79 Å². The SMILES string of the molecule is CCN(CCO)c1ccc(NC(=O)CNCC2CC2)cc1. The van der Waals surface area contributed by atoms with Crippen LogP contribution in [0.3, 0.4) is 0 Å². The average Bonchev–Trinajstić information content (AvgIpc) is 3.30. The van der Waals surface area contributed by atoms with E-state index in [0.29, 0.717) is 13.1 Å². The zero-order valence-corrected chi connectivity index (χ0v) is 12.6. The Morgan fingerprint density at radius 2 is 2.05 bits per heavy atom. The summed E-state index contributed by atoms with van der Waals surface area (Å²) in [5.41, 5.74) is 1.86. The fraction of sp³-hybridized carbons (Fsp3) is 0.562. The summed E-state index contributed by atoms with van der Waals surface area (Å²) in [5, 5.41) is 15.1. The molecule has 1 fully saturated rings. The maximum atomic E-state index is 11.8. The summed E-state index contributed by atoms with van der Waals surface area (Å²) >= 11 is 0. The number of aliphatic hydroxyl groups is 1. The number of rotatable bonds is 9. The number of carbonyl (C=O) groups is 1. The van der Waals surface area contributed by atoms with Gasteiger partial charge in [0.2, 0.25) is 5.91 Å². The summed E-state index contributed by atoms with van der Waals surface area (Å²) in [6.45, 7) is 4.96. The van der Waals surface area contributed by atoms with E-state index in [4.69, 9.17) is 5.11 Å². The van der Waals surface area contributed by atoms with Gasteiger partial charge in [-0.3, -0.25) is 4.79 Å². The Labute approximate surface area is 126 Å². The van der Waals surface area contributed by atoms with Crippen LogP contribution in [0.15, 0.2) is 24.3 Å². The number of amides is 1. The molecular formula is C16H25N3O2. The minimum atomic E-state index is -0.00824. The summed E-state index contributed by atoms with van der Waals surface area (Å²) in [6.07, 6.45) is 2.58. The van der Waals surface area contributed by atoms with Crippen LogP contribution >= 0.6 is 0 Å². The highest BCUT2D eigenvalue weighted by Crippen LogP contribution is 2.27. The van der Waals surface area contributed by atoms with Crippen molar-refractivity contribution < 1.29 is 9.90 Å². The Morgan fingerprint density at radius 1 is 1.33 bits per heavy atom. The molecule has 1 aliphatic carbocycles. The number of aliphatic hydroxyl groups excluding tert-OH is 1.